The molecule has 1 aliphatic carbocycles. The molecule has 92 valence electrons. The third-order valence-electron chi connectivity index (χ3n) is 3.08. The molecule has 0 radical (unpaired) electrons. The van der Waals surface area contributed by atoms with Crippen LogP contribution in [0.5, 0.6) is 0 Å². The van der Waals surface area contributed by atoms with Gasteiger partial charge in [0.15, 0.2) is 0 Å². The molecule has 1 fully saturated rings. The Bertz CT molecular complexity index is 443. The maximum absolute atomic E-state index is 13.6. The van der Waals surface area contributed by atoms with Crippen LogP contribution in [0.15, 0.2) is 18.2 Å². The molecule has 0 unspecified atom stereocenters. The van der Waals surface area contributed by atoms with E-state index in [1.54, 1.807) is 6.07 Å². The van der Waals surface area contributed by atoms with Crippen LogP contribution in [0.25, 0.3) is 0 Å². The van der Waals surface area contributed by atoms with Gasteiger partial charge in [0.05, 0.1) is 11.2 Å². The van der Waals surface area contributed by atoms with Gasteiger partial charge in [-0.3, -0.25) is 4.79 Å². The lowest BCUT2D eigenvalue weighted by molar-refractivity contribution is 0.0959. The molecule has 4 nitrogen and oxygen atoms in total. The second-order valence-corrected chi connectivity index (χ2v) is 4.41. The van der Waals surface area contributed by atoms with E-state index in [0.29, 0.717) is 5.69 Å². The highest BCUT2D eigenvalue weighted by atomic mass is 19.1. The zero-order valence-electron chi connectivity index (χ0n) is 9.72. The smallest absolute Gasteiger partial charge is 0.253 e. The van der Waals surface area contributed by atoms with Crippen LogP contribution in [-0.2, 0) is 0 Å². The Morgan fingerprint density at radius 2 is 2.18 bits per heavy atom. The Balaban J connectivity index is 2.16. The topological polar surface area (TPSA) is 67.2 Å². The van der Waals surface area contributed by atoms with Crippen LogP contribution in [0.3, 0.4) is 0 Å². The average Bonchev–Trinajstić information content (AvgIpc) is 2.26. The number of benzene rings is 1. The van der Waals surface area contributed by atoms with Gasteiger partial charge in [-0.25, -0.2) is 4.39 Å². The van der Waals surface area contributed by atoms with E-state index in [9.17, 15) is 9.18 Å². The van der Waals surface area contributed by atoms with Gasteiger partial charge in [0.2, 0.25) is 0 Å². The van der Waals surface area contributed by atoms with Crippen molar-refractivity contribution in [1.82, 2.24) is 5.32 Å². The SMILES string of the molecule is CNC(=O)c1ccc(NC2(N)CCC2)cc1F. The summed E-state index contributed by atoms with van der Waals surface area (Å²) >= 11 is 0. The maximum atomic E-state index is 13.6. The lowest BCUT2D eigenvalue weighted by Crippen LogP contribution is -2.53. The first kappa shape index (κ1) is 11.9. The molecule has 0 atom stereocenters. The summed E-state index contributed by atoms with van der Waals surface area (Å²) in [5.41, 5.74) is 6.23. The number of rotatable bonds is 3. The first-order chi connectivity index (χ1) is 8.04. The fraction of sp³-hybridized carbons (Fsp3) is 0.417. The Kier molecular flexibility index (Phi) is 3.02. The van der Waals surface area contributed by atoms with Gasteiger partial charge >= 0.3 is 0 Å². The van der Waals surface area contributed by atoms with E-state index in [0.717, 1.165) is 19.3 Å². The van der Waals surface area contributed by atoms with Gasteiger partial charge in [-0.1, -0.05) is 0 Å². The van der Waals surface area contributed by atoms with E-state index >= 15 is 0 Å². The van der Waals surface area contributed by atoms with E-state index in [-0.39, 0.29) is 5.56 Å². The first-order valence-corrected chi connectivity index (χ1v) is 5.63. The quantitative estimate of drug-likeness (QED) is 0.697. The highest BCUT2D eigenvalue weighted by Gasteiger charge is 2.32. The molecule has 1 aromatic carbocycles. The third kappa shape index (κ3) is 2.39. The summed E-state index contributed by atoms with van der Waals surface area (Å²) in [7, 11) is 1.47. The van der Waals surface area contributed by atoms with Gasteiger partial charge in [-0.05, 0) is 37.5 Å². The van der Waals surface area contributed by atoms with E-state index in [2.05, 4.69) is 10.6 Å². The summed E-state index contributed by atoms with van der Waals surface area (Å²) in [5, 5.41) is 5.47. The van der Waals surface area contributed by atoms with E-state index in [4.69, 9.17) is 5.73 Å². The fourth-order valence-electron chi connectivity index (χ4n) is 1.88. The fourth-order valence-corrected chi connectivity index (χ4v) is 1.88. The zero-order chi connectivity index (χ0) is 12.5. The number of hydrogen-bond donors (Lipinski definition) is 3. The molecule has 0 bridgehead atoms. The zero-order valence-corrected chi connectivity index (χ0v) is 9.72. The molecule has 1 saturated carbocycles. The van der Waals surface area contributed by atoms with E-state index in [1.807, 2.05) is 0 Å². The van der Waals surface area contributed by atoms with Crippen LogP contribution in [0, 0.1) is 5.82 Å². The number of nitrogens with two attached hydrogens (primary N) is 1. The van der Waals surface area contributed by atoms with Crippen LogP contribution >= 0.6 is 0 Å². The third-order valence-corrected chi connectivity index (χ3v) is 3.08. The second-order valence-electron chi connectivity index (χ2n) is 4.41. The molecule has 4 N–H and O–H groups in total. The van der Waals surface area contributed by atoms with Crippen molar-refractivity contribution < 1.29 is 9.18 Å². The number of carbonyl (C=O) groups is 1. The molecular weight excluding hydrogens is 221 g/mol. The normalized spacial score (nSPS) is 17.1. The molecule has 0 aromatic heterocycles. The van der Waals surface area contributed by atoms with Crippen LogP contribution in [-0.4, -0.2) is 18.6 Å². The molecule has 1 amide bonds. The van der Waals surface area contributed by atoms with Crippen LogP contribution in [0.2, 0.25) is 0 Å². The van der Waals surface area contributed by atoms with E-state index < -0.39 is 17.4 Å². The van der Waals surface area contributed by atoms with Gasteiger partial charge in [0, 0.05) is 12.7 Å². The molecule has 2 rings (SSSR count). The Morgan fingerprint density at radius 1 is 1.47 bits per heavy atom. The van der Waals surface area contributed by atoms with Crippen molar-refractivity contribution in [2.45, 2.75) is 24.9 Å². The number of halogens is 1. The van der Waals surface area contributed by atoms with Crippen molar-refractivity contribution >= 4 is 11.6 Å². The van der Waals surface area contributed by atoms with Gasteiger partial charge < -0.3 is 16.4 Å². The van der Waals surface area contributed by atoms with Crippen molar-refractivity contribution in [3.05, 3.63) is 29.6 Å². The lowest BCUT2D eigenvalue weighted by atomic mass is 9.85. The summed E-state index contributed by atoms with van der Waals surface area (Å²) in [6, 6.07) is 4.43. The summed E-state index contributed by atoms with van der Waals surface area (Å²) in [5.74, 6) is -0.975. The number of amides is 1. The molecule has 0 spiro atoms. The molecule has 1 aliphatic rings. The molecule has 0 aliphatic heterocycles. The van der Waals surface area contributed by atoms with Crippen molar-refractivity contribution in [2.24, 2.45) is 5.73 Å². The Morgan fingerprint density at radius 3 is 2.65 bits per heavy atom. The first-order valence-electron chi connectivity index (χ1n) is 5.63. The standard InChI is InChI=1S/C12H16FN3O/c1-15-11(17)9-4-3-8(7-10(9)13)16-12(14)5-2-6-12/h3-4,7,16H,2,5-6,14H2,1H3,(H,15,17). The van der Waals surface area contributed by atoms with Crippen molar-refractivity contribution in [3.8, 4) is 0 Å². The van der Waals surface area contributed by atoms with Crippen molar-refractivity contribution in [2.75, 3.05) is 12.4 Å². The number of carbonyl (C=O) groups excluding carboxylic acids is 1. The minimum atomic E-state index is -0.544. The largest absolute Gasteiger partial charge is 0.367 e. The monoisotopic (exact) mass is 237 g/mol. The Hall–Kier alpha value is -1.62. The number of anilines is 1. The predicted molar refractivity (Wildman–Crippen MR) is 64.2 cm³/mol. The van der Waals surface area contributed by atoms with Crippen molar-refractivity contribution in [3.63, 3.8) is 0 Å². The molecule has 0 heterocycles. The summed E-state index contributed by atoms with van der Waals surface area (Å²) in [6.07, 6.45) is 2.85. The van der Waals surface area contributed by atoms with Crippen LogP contribution < -0.4 is 16.4 Å². The molecular formula is C12H16FN3O. The van der Waals surface area contributed by atoms with Gasteiger partial charge in [0.1, 0.15) is 5.82 Å². The average molecular weight is 237 g/mol. The van der Waals surface area contributed by atoms with Crippen LogP contribution in [0.4, 0.5) is 10.1 Å². The van der Waals surface area contributed by atoms with Crippen LogP contribution in [0.1, 0.15) is 29.6 Å². The summed E-state index contributed by atoms with van der Waals surface area (Å²) in [6.45, 7) is 0. The minimum Gasteiger partial charge on any atom is -0.367 e. The Labute approximate surface area is 99.4 Å². The second kappa shape index (κ2) is 4.33. The predicted octanol–water partition coefficient (Wildman–Crippen LogP) is 1.44. The van der Waals surface area contributed by atoms with Gasteiger partial charge in [0.25, 0.3) is 5.91 Å². The highest BCUT2D eigenvalue weighted by Crippen LogP contribution is 2.30. The molecule has 5 heteroatoms. The molecule has 0 saturated heterocycles. The van der Waals surface area contributed by atoms with Crippen molar-refractivity contribution in [1.29, 1.82) is 0 Å². The highest BCUT2D eigenvalue weighted by molar-refractivity contribution is 5.94. The molecule has 17 heavy (non-hydrogen) atoms. The summed E-state index contributed by atoms with van der Waals surface area (Å²) in [4.78, 5) is 11.3. The molecule has 1 aromatic rings. The minimum absolute atomic E-state index is 0.0396. The van der Waals surface area contributed by atoms with Gasteiger partial charge in [-0.15, -0.1) is 0 Å². The van der Waals surface area contributed by atoms with E-state index in [1.165, 1.54) is 19.2 Å². The number of nitrogens with one attached hydrogen (secondary N) is 2. The lowest BCUT2D eigenvalue weighted by Gasteiger charge is -2.39. The maximum Gasteiger partial charge on any atom is 0.253 e. The number of hydrogen-bond acceptors (Lipinski definition) is 3. The van der Waals surface area contributed by atoms with Gasteiger partial charge in [-0.2, -0.15) is 0 Å². The summed E-state index contributed by atoms with van der Waals surface area (Å²) < 4.78 is 13.6.